The maximum Gasteiger partial charge on any atom is 0.255 e. The summed E-state index contributed by atoms with van der Waals surface area (Å²) >= 11 is 1.59. The van der Waals surface area contributed by atoms with Crippen LogP contribution in [-0.4, -0.2) is 25.7 Å². The molecule has 5 heterocycles. The van der Waals surface area contributed by atoms with Crippen LogP contribution in [-0.2, 0) is 4.79 Å². The van der Waals surface area contributed by atoms with Crippen LogP contribution in [0.5, 0.6) is 0 Å². The summed E-state index contributed by atoms with van der Waals surface area (Å²) in [6, 6.07) is 8.82. The quantitative estimate of drug-likeness (QED) is 0.515. The number of carbonyl (C=O) groups excluding carboxylic acids is 1. The van der Waals surface area contributed by atoms with Gasteiger partial charge >= 0.3 is 0 Å². The lowest BCUT2D eigenvalue weighted by Gasteiger charge is -2.28. The van der Waals surface area contributed by atoms with Gasteiger partial charge in [-0.15, -0.1) is 16.4 Å². The van der Waals surface area contributed by atoms with E-state index in [4.69, 9.17) is 4.42 Å². The average Bonchev–Trinajstić information content (AvgIpc) is 3.48. The van der Waals surface area contributed by atoms with E-state index >= 15 is 0 Å². The van der Waals surface area contributed by atoms with Gasteiger partial charge in [0.1, 0.15) is 6.04 Å². The maximum absolute atomic E-state index is 13.3. The zero-order chi connectivity index (χ0) is 20.7. The van der Waals surface area contributed by atoms with E-state index in [0.29, 0.717) is 28.8 Å². The Bertz CT molecular complexity index is 1240. The predicted molar refractivity (Wildman–Crippen MR) is 114 cm³/mol. The summed E-state index contributed by atoms with van der Waals surface area (Å²) in [4.78, 5) is 23.0. The highest BCUT2D eigenvalue weighted by atomic mass is 32.1. The number of aromatic nitrogens is 4. The summed E-state index contributed by atoms with van der Waals surface area (Å²) in [5.74, 6) is 1.38. The van der Waals surface area contributed by atoms with Gasteiger partial charge < -0.3 is 15.1 Å². The highest BCUT2D eigenvalue weighted by molar-refractivity contribution is 7.10. The molecule has 1 aliphatic heterocycles. The van der Waals surface area contributed by atoms with Crippen LogP contribution in [0.25, 0.3) is 11.6 Å². The molecule has 0 aliphatic carbocycles. The van der Waals surface area contributed by atoms with Crippen molar-refractivity contribution in [2.24, 2.45) is 0 Å². The number of rotatable bonds is 4. The Balaban J connectivity index is 1.61. The monoisotopic (exact) mass is 418 g/mol. The van der Waals surface area contributed by atoms with Crippen molar-refractivity contribution >= 4 is 28.9 Å². The molecule has 8 nitrogen and oxygen atoms in total. The number of furan rings is 1. The molecular formula is C21H18N6O2S. The first kappa shape index (κ1) is 18.3. The van der Waals surface area contributed by atoms with Crippen molar-refractivity contribution in [1.82, 2.24) is 19.7 Å². The van der Waals surface area contributed by atoms with Gasteiger partial charge in [0.05, 0.1) is 23.7 Å². The first-order valence-electron chi connectivity index (χ1n) is 9.35. The van der Waals surface area contributed by atoms with Gasteiger partial charge in [0.15, 0.2) is 5.76 Å². The third-order valence-corrected chi connectivity index (χ3v) is 5.98. The third kappa shape index (κ3) is 3.09. The van der Waals surface area contributed by atoms with Crippen LogP contribution in [0.4, 0.5) is 11.6 Å². The zero-order valence-corrected chi connectivity index (χ0v) is 17.1. The van der Waals surface area contributed by atoms with Crippen LogP contribution in [0, 0.1) is 6.92 Å². The Morgan fingerprint density at radius 3 is 2.87 bits per heavy atom. The lowest BCUT2D eigenvalue weighted by atomic mass is 9.99. The number of anilines is 2. The van der Waals surface area contributed by atoms with E-state index in [-0.39, 0.29) is 5.91 Å². The number of nitrogens with zero attached hydrogens (tertiary/aromatic N) is 4. The number of nitrogens with one attached hydrogen (secondary N) is 2. The van der Waals surface area contributed by atoms with Crippen LogP contribution in [0.1, 0.15) is 23.4 Å². The second kappa shape index (κ2) is 7.27. The maximum atomic E-state index is 13.3. The van der Waals surface area contributed by atoms with E-state index in [1.54, 1.807) is 52.9 Å². The van der Waals surface area contributed by atoms with Crippen LogP contribution >= 0.6 is 11.3 Å². The minimum Gasteiger partial charge on any atom is -0.461 e. The summed E-state index contributed by atoms with van der Waals surface area (Å²) in [6.45, 7) is 3.91. The van der Waals surface area contributed by atoms with E-state index in [0.717, 1.165) is 16.1 Å². The lowest BCUT2D eigenvalue weighted by molar-refractivity contribution is -0.113. The molecule has 150 valence electrons. The normalized spacial score (nSPS) is 15.6. The van der Waals surface area contributed by atoms with E-state index in [1.807, 2.05) is 31.4 Å². The number of pyridine rings is 1. The molecule has 2 N–H and O–H groups in total. The first-order valence-corrected chi connectivity index (χ1v) is 10.2. The Kier molecular flexibility index (Phi) is 4.44. The molecule has 1 atom stereocenters. The van der Waals surface area contributed by atoms with Crippen molar-refractivity contribution in [2.45, 2.75) is 19.9 Å². The van der Waals surface area contributed by atoms with E-state index in [1.165, 1.54) is 0 Å². The van der Waals surface area contributed by atoms with Gasteiger partial charge in [0, 0.05) is 16.8 Å². The predicted octanol–water partition coefficient (Wildman–Crippen LogP) is 4.23. The molecule has 0 fully saturated rings. The molecule has 0 aromatic carbocycles. The van der Waals surface area contributed by atoms with Crippen molar-refractivity contribution in [3.05, 3.63) is 76.1 Å². The van der Waals surface area contributed by atoms with Gasteiger partial charge in [-0.3, -0.25) is 9.78 Å². The molecule has 0 saturated heterocycles. The summed E-state index contributed by atoms with van der Waals surface area (Å²) < 4.78 is 7.22. The zero-order valence-electron chi connectivity index (χ0n) is 16.3. The largest absolute Gasteiger partial charge is 0.461 e. The van der Waals surface area contributed by atoms with Gasteiger partial charge in [0.25, 0.3) is 5.91 Å². The number of aryl methyl sites for hydroxylation is 1. The molecule has 4 aromatic rings. The SMILES string of the molecule is CC1=C(C(=O)Nc2cccnc2)C(c2sccc2C)n2nc(-c3ccco3)nc2N1. The second-order valence-corrected chi connectivity index (χ2v) is 7.86. The molecule has 30 heavy (non-hydrogen) atoms. The fraction of sp³-hybridized carbons (Fsp3) is 0.143. The highest BCUT2D eigenvalue weighted by Gasteiger charge is 2.36. The van der Waals surface area contributed by atoms with Gasteiger partial charge in [0.2, 0.25) is 11.8 Å². The molecule has 9 heteroatoms. The second-order valence-electron chi connectivity index (χ2n) is 6.91. The molecule has 1 aliphatic rings. The van der Waals surface area contributed by atoms with Crippen molar-refractivity contribution in [3.63, 3.8) is 0 Å². The summed E-state index contributed by atoms with van der Waals surface area (Å²) in [7, 11) is 0. The smallest absolute Gasteiger partial charge is 0.255 e. The fourth-order valence-corrected chi connectivity index (χ4v) is 4.52. The van der Waals surface area contributed by atoms with Crippen molar-refractivity contribution < 1.29 is 9.21 Å². The van der Waals surface area contributed by atoms with Gasteiger partial charge in [-0.2, -0.15) is 4.98 Å². The minimum absolute atomic E-state index is 0.216. The van der Waals surface area contributed by atoms with E-state index in [9.17, 15) is 4.79 Å². The number of allylic oxidation sites excluding steroid dienone is 1. The van der Waals surface area contributed by atoms with Gasteiger partial charge in [-0.25, -0.2) is 4.68 Å². The Hall–Kier alpha value is -3.72. The molecule has 5 rings (SSSR count). The standard InChI is InChI=1S/C21H18N6O2S/c1-12-7-10-30-18(12)17-16(20(28)24-14-5-3-8-22-11-14)13(2)23-21-25-19(26-27(17)21)15-6-4-9-29-15/h3-11,17H,1-2H3,(H,24,28)(H,23,25,26). The Morgan fingerprint density at radius 2 is 2.17 bits per heavy atom. The summed E-state index contributed by atoms with van der Waals surface area (Å²) in [6.07, 6.45) is 4.86. The molecule has 1 unspecified atom stereocenters. The molecule has 1 amide bonds. The number of hydrogen-bond donors (Lipinski definition) is 2. The topological polar surface area (TPSA) is 97.9 Å². The molecule has 0 bridgehead atoms. The number of thiophene rings is 1. The third-order valence-electron chi connectivity index (χ3n) is 4.91. The average molecular weight is 418 g/mol. The van der Waals surface area contributed by atoms with E-state index < -0.39 is 6.04 Å². The van der Waals surface area contributed by atoms with Crippen molar-refractivity contribution in [3.8, 4) is 11.6 Å². The molecule has 0 saturated carbocycles. The number of hydrogen-bond acceptors (Lipinski definition) is 7. The van der Waals surface area contributed by atoms with Crippen LogP contribution in [0.15, 0.2) is 70.1 Å². The fourth-order valence-electron chi connectivity index (χ4n) is 3.50. The molecule has 0 spiro atoms. The van der Waals surface area contributed by atoms with Gasteiger partial charge in [-0.05, 0) is 55.1 Å². The minimum atomic E-state index is -0.408. The van der Waals surface area contributed by atoms with Crippen molar-refractivity contribution in [2.75, 3.05) is 10.6 Å². The molecular weight excluding hydrogens is 400 g/mol. The molecule has 4 aromatic heterocycles. The number of fused-ring (bicyclic) bond motifs is 1. The van der Waals surface area contributed by atoms with Gasteiger partial charge in [-0.1, -0.05) is 0 Å². The molecule has 0 radical (unpaired) electrons. The van der Waals surface area contributed by atoms with Crippen LogP contribution < -0.4 is 10.6 Å². The Labute approximate surface area is 176 Å². The first-order chi connectivity index (χ1) is 14.6. The van der Waals surface area contributed by atoms with Crippen LogP contribution in [0.3, 0.4) is 0 Å². The van der Waals surface area contributed by atoms with Crippen LogP contribution in [0.2, 0.25) is 0 Å². The summed E-state index contributed by atoms with van der Waals surface area (Å²) in [5.41, 5.74) is 3.02. The number of amides is 1. The van der Waals surface area contributed by atoms with Crippen molar-refractivity contribution in [1.29, 1.82) is 0 Å². The lowest BCUT2D eigenvalue weighted by Crippen LogP contribution is -2.31. The highest BCUT2D eigenvalue weighted by Crippen LogP contribution is 2.40. The Morgan fingerprint density at radius 1 is 1.27 bits per heavy atom. The number of carbonyl (C=O) groups is 1. The van der Waals surface area contributed by atoms with E-state index in [2.05, 4.69) is 25.7 Å². The summed E-state index contributed by atoms with van der Waals surface area (Å²) in [5, 5.41) is 12.9.